The van der Waals surface area contributed by atoms with E-state index in [1.54, 1.807) is 48.5 Å². The van der Waals surface area contributed by atoms with E-state index in [2.05, 4.69) is 5.32 Å². The number of hydrogen-bond donors (Lipinski definition) is 1. The maximum Gasteiger partial charge on any atom is 0.264 e. The molecule has 0 bridgehead atoms. The van der Waals surface area contributed by atoms with Crippen LogP contribution in [0.1, 0.15) is 29.7 Å². The third-order valence-corrected chi connectivity index (χ3v) is 8.82. The number of carbonyl (C=O) groups excluding carboxylic acids is 1. The van der Waals surface area contributed by atoms with Gasteiger partial charge in [-0.05, 0) is 73.2 Å². The van der Waals surface area contributed by atoms with Gasteiger partial charge in [0, 0.05) is 4.90 Å². The maximum absolute atomic E-state index is 14.0. The lowest BCUT2D eigenvalue weighted by Gasteiger charge is -2.28. The molecule has 8 heteroatoms. The standard InChI is InChI=1S/C31H32N2O4S2/c1-4-37-29-17-11-10-16-28(29)33(39(35,36)26-20-18-25(38-3)19-21-26)22-30(34)32-31(24-13-6-5-7-14-24)27-15-9-8-12-23(27)2/h5-21,31H,4,22H2,1-3H3,(H,32,34). The molecule has 0 saturated carbocycles. The summed E-state index contributed by atoms with van der Waals surface area (Å²) < 4.78 is 34.9. The third-order valence-electron chi connectivity index (χ3n) is 6.31. The first-order chi connectivity index (χ1) is 18.8. The number of ether oxygens (including phenoxy) is 1. The van der Waals surface area contributed by atoms with Crippen LogP contribution < -0.4 is 14.4 Å². The van der Waals surface area contributed by atoms with Gasteiger partial charge in [-0.25, -0.2) is 8.42 Å². The predicted octanol–water partition coefficient (Wildman–Crippen LogP) is 6.22. The highest BCUT2D eigenvalue weighted by Gasteiger charge is 2.30. The molecule has 0 fully saturated rings. The number of nitrogens with one attached hydrogen (secondary N) is 1. The molecular weight excluding hydrogens is 528 g/mol. The summed E-state index contributed by atoms with van der Waals surface area (Å²) >= 11 is 1.52. The number of nitrogens with zero attached hydrogens (tertiary/aromatic N) is 1. The Balaban J connectivity index is 1.73. The molecule has 0 saturated heterocycles. The Morgan fingerprint density at radius 3 is 2.21 bits per heavy atom. The molecule has 1 N–H and O–H groups in total. The summed E-state index contributed by atoms with van der Waals surface area (Å²) in [5.74, 6) is -0.0571. The van der Waals surface area contributed by atoms with E-state index in [0.717, 1.165) is 25.9 Å². The van der Waals surface area contributed by atoms with Crippen molar-refractivity contribution in [2.24, 2.45) is 0 Å². The fourth-order valence-corrected chi connectivity index (χ4v) is 6.19. The highest BCUT2D eigenvalue weighted by molar-refractivity contribution is 7.98. The zero-order valence-corrected chi connectivity index (χ0v) is 23.8. The van der Waals surface area contributed by atoms with E-state index >= 15 is 0 Å². The van der Waals surface area contributed by atoms with Crippen LogP contribution in [0.25, 0.3) is 0 Å². The highest BCUT2D eigenvalue weighted by Crippen LogP contribution is 2.33. The summed E-state index contributed by atoms with van der Waals surface area (Å²) in [7, 11) is -4.10. The number of thioether (sulfide) groups is 1. The monoisotopic (exact) mass is 560 g/mol. The molecule has 4 aromatic rings. The van der Waals surface area contributed by atoms with Crippen LogP contribution in [0, 0.1) is 6.92 Å². The van der Waals surface area contributed by atoms with Gasteiger partial charge in [-0.2, -0.15) is 0 Å². The molecule has 202 valence electrons. The molecule has 0 radical (unpaired) electrons. The molecule has 4 rings (SSSR count). The van der Waals surface area contributed by atoms with Gasteiger partial charge in [0.15, 0.2) is 0 Å². The number of anilines is 1. The quantitative estimate of drug-likeness (QED) is 0.221. The van der Waals surface area contributed by atoms with Gasteiger partial charge in [0.2, 0.25) is 5.91 Å². The normalized spacial score (nSPS) is 12.0. The topological polar surface area (TPSA) is 75.7 Å². The molecule has 0 aliphatic carbocycles. The summed E-state index contributed by atoms with van der Waals surface area (Å²) in [4.78, 5) is 14.7. The largest absolute Gasteiger partial charge is 0.492 e. The Bertz CT molecular complexity index is 1510. The van der Waals surface area contributed by atoms with Gasteiger partial charge < -0.3 is 10.1 Å². The summed E-state index contributed by atoms with van der Waals surface area (Å²) in [6.07, 6.45) is 1.93. The van der Waals surface area contributed by atoms with Crippen molar-refractivity contribution in [2.75, 3.05) is 23.7 Å². The Hall–Kier alpha value is -3.75. The number of hydrogen-bond acceptors (Lipinski definition) is 5. The van der Waals surface area contributed by atoms with Crippen molar-refractivity contribution in [3.05, 3.63) is 120 Å². The maximum atomic E-state index is 14.0. The van der Waals surface area contributed by atoms with Crippen molar-refractivity contribution in [2.45, 2.75) is 29.7 Å². The molecule has 6 nitrogen and oxygen atoms in total. The summed E-state index contributed by atoms with van der Waals surface area (Å²) in [5.41, 5.74) is 3.16. The van der Waals surface area contributed by atoms with Crippen LogP contribution in [0.4, 0.5) is 5.69 Å². The summed E-state index contributed by atoms with van der Waals surface area (Å²) in [5, 5.41) is 3.09. The SMILES string of the molecule is CCOc1ccccc1N(CC(=O)NC(c1ccccc1)c1ccccc1C)S(=O)(=O)c1ccc(SC)cc1. The van der Waals surface area contributed by atoms with E-state index in [1.165, 1.54) is 11.8 Å². The lowest BCUT2D eigenvalue weighted by molar-refractivity contribution is -0.120. The fourth-order valence-electron chi connectivity index (χ4n) is 4.35. The van der Waals surface area contributed by atoms with E-state index in [0.29, 0.717) is 18.0 Å². The molecule has 0 aliphatic rings. The zero-order valence-electron chi connectivity index (χ0n) is 22.2. The molecule has 1 unspecified atom stereocenters. The third kappa shape index (κ3) is 6.64. The summed E-state index contributed by atoms with van der Waals surface area (Å²) in [6, 6.07) is 30.5. The number of rotatable bonds is 11. The lowest BCUT2D eigenvalue weighted by atomic mass is 9.95. The van der Waals surface area contributed by atoms with E-state index in [4.69, 9.17) is 4.74 Å². The smallest absolute Gasteiger partial charge is 0.264 e. The van der Waals surface area contributed by atoms with Crippen molar-refractivity contribution in [1.29, 1.82) is 0 Å². The highest BCUT2D eigenvalue weighted by atomic mass is 32.2. The second kappa shape index (κ2) is 12.9. The molecule has 0 heterocycles. The van der Waals surface area contributed by atoms with Crippen LogP contribution in [0.2, 0.25) is 0 Å². The van der Waals surface area contributed by atoms with Gasteiger partial charge >= 0.3 is 0 Å². The van der Waals surface area contributed by atoms with Gasteiger partial charge in [-0.1, -0.05) is 66.7 Å². The molecule has 1 atom stereocenters. The van der Waals surface area contributed by atoms with Crippen molar-refractivity contribution in [3.8, 4) is 5.75 Å². The first kappa shape index (κ1) is 28.3. The number of amides is 1. The number of aryl methyl sites for hydroxylation is 1. The molecule has 39 heavy (non-hydrogen) atoms. The van der Waals surface area contributed by atoms with Crippen molar-refractivity contribution in [1.82, 2.24) is 5.32 Å². The second-order valence-corrected chi connectivity index (χ2v) is 11.6. The number of benzene rings is 4. The average Bonchev–Trinajstić information content (AvgIpc) is 2.96. The Labute approximate surface area is 235 Å². The zero-order chi connectivity index (χ0) is 27.8. The average molecular weight is 561 g/mol. The van der Waals surface area contributed by atoms with Crippen LogP contribution >= 0.6 is 11.8 Å². The van der Waals surface area contributed by atoms with E-state index in [-0.39, 0.29) is 4.90 Å². The van der Waals surface area contributed by atoms with Crippen molar-refractivity contribution < 1.29 is 17.9 Å². The van der Waals surface area contributed by atoms with E-state index in [1.807, 2.05) is 74.7 Å². The number of sulfonamides is 1. The molecular formula is C31H32N2O4S2. The van der Waals surface area contributed by atoms with Crippen LogP contribution in [0.3, 0.4) is 0 Å². The molecule has 1 amide bonds. The summed E-state index contributed by atoms with van der Waals surface area (Å²) in [6.45, 7) is 3.75. The van der Waals surface area contributed by atoms with Crippen LogP contribution in [-0.2, 0) is 14.8 Å². The number of carbonyl (C=O) groups is 1. The Morgan fingerprint density at radius 1 is 0.897 bits per heavy atom. The minimum absolute atomic E-state index is 0.0953. The van der Waals surface area contributed by atoms with Crippen LogP contribution in [-0.4, -0.2) is 33.7 Å². The van der Waals surface area contributed by atoms with Crippen molar-refractivity contribution >= 4 is 33.4 Å². The molecule has 4 aromatic carbocycles. The van der Waals surface area contributed by atoms with Gasteiger partial charge in [0.1, 0.15) is 12.3 Å². The molecule has 0 aromatic heterocycles. The number of para-hydroxylation sites is 2. The minimum Gasteiger partial charge on any atom is -0.492 e. The van der Waals surface area contributed by atoms with E-state index in [9.17, 15) is 13.2 Å². The minimum atomic E-state index is -4.10. The predicted molar refractivity (Wildman–Crippen MR) is 158 cm³/mol. The van der Waals surface area contributed by atoms with E-state index < -0.39 is 28.5 Å². The molecule has 0 aliphatic heterocycles. The Kier molecular flexibility index (Phi) is 9.32. The second-order valence-electron chi connectivity index (χ2n) is 8.86. The first-order valence-corrected chi connectivity index (χ1v) is 15.3. The van der Waals surface area contributed by atoms with Gasteiger partial charge in [0.25, 0.3) is 10.0 Å². The van der Waals surface area contributed by atoms with Gasteiger partial charge in [-0.15, -0.1) is 11.8 Å². The van der Waals surface area contributed by atoms with Gasteiger partial charge in [0.05, 0.1) is 23.2 Å². The molecule has 0 spiro atoms. The van der Waals surface area contributed by atoms with Gasteiger partial charge in [-0.3, -0.25) is 9.10 Å². The van der Waals surface area contributed by atoms with Crippen LogP contribution in [0.5, 0.6) is 5.75 Å². The first-order valence-electron chi connectivity index (χ1n) is 12.6. The van der Waals surface area contributed by atoms with Crippen LogP contribution in [0.15, 0.2) is 113 Å². The fraction of sp³-hybridized carbons (Fsp3) is 0.194. The Morgan fingerprint density at radius 2 is 1.54 bits per heavy atom. The lowest BCUT2D eigenvalue weighted by Crippen LogP contribution is -2.42. The van der Waals surface area contributed by atoms with Crippen molar-refractivity contribution in [3.63, 3.8) is 0 Å².